The summed E-state index contributed by atoms with van der Waals surface area (Å²) in [6.07, 6.45) is 8.37. The van der Waals surface area contributed by atoms with Gasteiger partial charge >= 0.3 is 6.85 Å². The van der Waals surface area contributed by atoms with Crippen LogP contribution in [0.25, 0.3) is 22.3 Å². The number of fused-ring (bicyclic) bond motifs is 11. The van der Waals surface area contributed by atoms with Crippen LogP contribution in [0.5, 0.6) is 0 Å². The minimum absolute atomic E-state index is 0. The van der Waals surface area contributed by atoms with Gasteiger partial charge in [-0.1, -0.05) is 118 Å². The van der Waals surface area contributed by atoms with Gasteiger partial charge in [0.05, 0.1) is 0 Å². The molecule has 49 heavy (non-hydrogen) atoms. The van der Waals surface area contributed by atoms with Gasteiger partial charge in [0.25, 0.3) is 0 Å². The number of hydrogen-bond donors (Lipinski definition) is 0. The molecule has 0 saturated carbocycles. The summed E-state index contributed by atoms with van der Waals surface area (Å²) >= 11 is 0. The average molecular weight is 720 g/mol. The van der Waals surface area contributed by atoms with Crippen LogP contribution in [0.4, 0.5) is 34.1 Å². The second kappa shape index (κ2) is 11.9. The summed E-state index contributed by atoms with van der Waals surface area (Å²) in [6.45, 7) is 4.20. The Labute approximate surface area is 301 Å². The predicted octanol–water partition coefficient (Wildman–Crippen LogP) is 8.02. The van der Waals surface area contributed by atoms with E-state index in [4.69, 9.17) is 0 Å². The second-order valence-electron chi connectivity index (χ2n) is 12.3. The number of anilines is 6. The molecular weight excluding hydrogens is 692 g/mol. The Morgan fingerprint density at radius 1 is 0.408 bits per heavy atom. The summed E-state index contributed by atoms with van der Waals surface area (Å²) in [4.78, 5) is 11.0. The van der Waals surface area contributed by atoms with Crippen LogP contribution in [0.3, 0.4) is 0 Å². The smallest absolute Gasteiger partial charge is 0.324 e. The number of para-hydroxylation sites is 2. The van der Waals surface area contributed by atoms with Gasteiger partial charge in [0.1, 0.15) is 0 Å². The normalized spacial score (nSPS) is 15.0. The molecule has 4 aliphatic heterocycles. The molecule has 0 amide bonds. The standard InChI is InChI=1S/C42H28BN5.Pd/c1-3-11-31(12-4-1)44-23-25-46(29-44)33-19-21-37-35-15-7-9-17-39(35)43-40-18-10-8-16-36(40)38-22-20-34(28-42(38)48(43)41(37)27-33)47-26-24-45(30-47)32-13-5-2-6-14-32;/h1-26,29-30H;/q-4;. The van der Waals surface area contributed by atoms with Gasteiger partial charge in [-0.2, -0.15) is 12.1 Å². The van der Waals surface area contributed by atoms with Gasteiger partial charge in [0, 0.05) is 31.8 Å². The summed E-state index contributed by atoms with van der Waals surface area (Å²) in [7, 11) is 0. The van der Waals surface area contributed by atoms with Crippen molar-refractivity contribution in [2.75, 3.05) is 24.4 Å². The van der Waals surface area contributed by atoms with Crippen LogP contribution in [0.2, 0.25) is 0 Å². The molecule has 0 unspecified atom stereocenters. The van der Waals surface area contributed by atoms with Gasteiger partial charge in [-0.05, 0) is 49.1 Å². The first-order chi connectivity index (χ1) is 23.8. The first-order valence-electron chi connectivity index (χ1n) is 16.2. The molecule has 238 valence electrons. The van der Waals surface area contributed by atoms with Crippen molar-refractivity contribution in [1.29, 1.82) is 0 Å². The van der Waals surface area contributed by atoms with Crippen molar-refractivity contribution in [3.05, 3.63) is 184 Å². The third-order valence-electron chi connectivity index (χ3n) is 9.59. The predicted molar refractivity (Wildman–Crippen MR) is 198 cm³/mol. The maximum atomic E-state index is 3.89. The van der Waals surface area contributed by atoms with E-state index in [0.717, 1.165) is 34.1 Å². The molecule has 0 radical (unpaired) electrons. The van der Waals surface area contributed by atoms with Crippen LogP contribution in [-0.4, -0.2) is 6.85 Å². The van der Waals surface area contributed by atoms with Gasteiger partial charge in [0.2, 0.25) is 0 Å². The summed E-state index contributed by atoms with van der Waals surface area (Å²) in [5.74, 6) is 0. The van der Waals surface area contributed by atoms with Crippen LogP contribution in [0.1, 0.15) is 0 Å². The van der Waals surface area contributed by atoms with Gasteiger partial charge in [-0.25, -0.2) is 0 Å². The fourth-order valence-corrected chi connectivity index (χ4v) is 7.34. The Balaban J connectivity index is 0.00000325. The van der Waals surface area contributed by atoms with Gasteiger partial charge in [0.15, 0.2) is 0 Å². The summed E-state index contributed by atoms with van der Waals surface area (Å²) in [6, 6.07) is 55.1. The molecule has 0 fully saturated rings. The Morgan fingerprint density at radius 3 is 1.29 bits per heavy atom. The molecule has 7 heteroatoms. The molecule has 0 aromatic heterocycles. The van der Waals surface area contributed by atoms with Gasteiger partial charge < -0.3 is 24.4 Å². The van der Waals surface area contributed by atoms with E-state index < -0.39 is 0 Å². The molecule has 0 aliphatic carbocycles. The van der Waals surface area contributed by atoms with Crippen LogP contribution in [0, 0.1) is 25.5 Å². The van der Waals surface area contributed by atoms with Crippen molar-refractivity contribution in [1.82, 2.24) is 0 Å². The Kier molecular flexibility index (Phi) is 7.20. The fraction of sp³-hybridized carbons (Fsp3) is 0. The molecule has 0 spiro atoms. The van der Waals surface area contributed by atoms with E-state index in [2.05, 4.69) is 196 Å². The van der Waals surface area contributed by atoms with Crippen LogP contribution in [0.15, 0.2) is 158 Å². The van der Waals surface area contributed by atoms with Gasteiger partial charge in [-0.15, -0.1) is 60.1 Å². The summed E-state index contributed by atoms with van der Waals surface area (Å²) < 4.78 is 0. The zero-order valence-electron chi connectivity index (χ0n) is 26.3. The summed E-state index contributed by atoms with van der Waals surface area (Å²) in [5.41, 5.74) is 13.7. The SMILES string of the molecule is [Pd].[c-]1c(N2C=CN(c3ccccc3)[CH-]2)ccc2c1N1B(c3ccccc3-2)c2ccccc2-c2ccc(N3C=CN(c4ccccc4)[CH-]3)[c-]c21. The first-order valence-corrected chi connectivity index (χ1v) is 16.2. The Bertz CT molecular complexity index is 2100. The number of nitrogens with zero attached hydrogens (tertiary/aromatic N) is 5. The zero-order valence-corrected chi connectivity index (χ0v) is 27.9. The quantitative estimate of drug-likeness (QED) is 0.135. The Morgan fingerprint density at radius 2 is 0.816 bits per heavy atom. The van der Waals surface area contributed by atoms with E-state index in [-0.39, 0.29) is 27.3 Å². The summed E-state index contributed by atoms with van der Waals surface area (Å²) in [5, 5.41) is 0. The first kappa shape index (κ1) is 29.6. The minimum Gasteiger partial charge on any atom is -0.500 e. The van der Waals surface area contributed by atoms with E-state index in [1.54, 1.807) is 0 Å². The zero-order chi connectivity index (χ0) is 31.6. The van der Waals surface area contributed by atoms with Crippen LogP contribution >= 0.6 is 0 Å². The van der Waals surface area contributed by atoms with Crippen molar-refractivity contribution < 1.29 is 20.4 Å². The molecule has 0 saturated heterocycles. The third-order valence-corrected chi connectivity index (χ3v) is 9.59. The van der Waals surface area contributed by atoms with E-state index in [1.807, 2.05) is 12.1 Å². The van der Waals surface area contributed by atoms with E-state index in [1.165, 1.54) is 33.2 Å². The van der Waals surface area contributed by atoms with E-state index in [0.29, 0.717) is 0 Å². The second-order valence-corrected chi connectivity index (χ2v) is 12.3. The van der Waals surface area contributed by atoms with Gasteiger partial charge in [-0.3, -0.25) is 0 Å². The topological polar surface area (TPSA) is 16.2 Å². The van der Waals surface area contributed by atoms with E-state index >= 15 is 0 Å². The molecule has 6 aromatic carbocycles. The maximum absolute atomic E-state index is 3.89. The monoisotopic (exact) mass is 719 g/mol. The third kappa shape index (κ3) is 4.81. The minimum atomic E-state index is -0.0202. The van der Waals surface area contributed by atoms with Crippen molar-refractivity contribution in [2.45, 2.75) is 0 Å². The number of benzene rings is 6. The maximum Gasteiger partial charge on any atom is 0.324 e. The van der Waals surface area contributed by atoms with Crippen molar-refractivity contribution in [3.8, 4) is 22.3 Å². The Hall–Kier alpha value is -5.47. The molecule has 4 heterocycles. The molecule has 0 bridgehead atoms. The van der Waals surface area contributed by atoms with Crippen molar-refractivity contribution >= 4 is 51.9 Å². The number of rotatable bonds is 4. The largest absolute Gasteiger partial charge is 0.500 e. The molecule has 10 rings (SSSR count). The molecular formula is C42H28BN5Pd-4. The molecule has 4 aliphatic rings. The van der Waals surface area contributed by atoms with Crippen molar-refractivity contribution in [2.24, 2.45) is 0 Å². The molecule has 0 atom stereocenters. The fourth-order valence-electron chi connectivity index (χ4n) is 7.34. The molecule has 5 nitrogen and oxygen atoms in total. The van der Waals surface area contributed by atoms with E-state index in [9.17, 15) is 0 Å². The van der Waals surface area contributed by atoms with Crippen LogP contribution < -0.4 is 35.3 Å². The van der Waals surface area contributed by atoms with Crippen LogP contribution in [-0.2, 0) is 20.4 Å². The molecule has 0 N–H and O–H groups in total. The van der Waals surface area contributed by atoms with Crippen molar-refractivity contribution in [3.63, 3.8) is 0 Å². The number of hydrogen-bond acceptors (Lipinski definition) is 5. The molecule has 6 aromatic rings. The average Bonchev–Trinajstić information content (AvgIpc) is 3.87.